The van der Waals surface area contributed by atoms with E-state index in [2.05, 4.69) is 0 Å². The van der Waals surface area contributed by atoms with Gasteiger partial charge in [0.25, 0.3) is 0 Å². The normalized spacial score (nSPS) is 13.6. The Morgan fingerprint density at radius 3 is 1.94 bits per heavy atom. The summed E-state index contributed by atoms with van der Waals surface area (Å²) < 4.78 is 12.5. The highest BCUT2D eigenvalue weighted by atomic mass is 19.1. The Kier molecular flexibility index (Phi) is 3.99. The minimum absolute atomic E-state index is 0.162. The maximum absolute atomic E-state index is 12.5. The zero-order valence-corrected chi connectivity index (χ0v) is 8.39. The molecular formula is C11H11FO4. The topological polar surface area (TPSA) is 74.6 Å². The van der Waals surface area contributed by atoms with Crippen molar-refractivity contribution in [1.29, 1.82) is 0 Å². The van der Waals surface area contributed by atoms with Crippen molar-refractivity contribution in [1.82, 2.24) is 0 Å². The molecule has 0 amide bonds. The largest absolute Gasteiger partial charge is 0.503 e. The van der Waals surface area contributed by atoms with Crippen LogP contribution in [0.3, 0.4) is 0 Å². The van der Waals surface area contributed by atoms with Crippen molar-refractivity contribution in [3.63, 3.8) is 0 Å². The average Bonchev–Trinajstić information content (AvgIpc) is 3.00. The van der Waals surface area contributed by atoms with Gasteiger partial charge < -0.3 is 10.2 Å². The van der Waals surface area contributed by atoms with Gasteiger partial charge in [-0.05, 0) is 37.1 Å². The van der Waals surface area contributed by atoms with Gasteiger partial charge in [0.15, 0.2) is 5.78 Å². The molecule has 1 aromatic rings. The molecule has 5 heteroatoms. The fraction of sp³-hybridized carbons (Fsp3) is 0.273. The van der Waals surface area contributed by atoms with Gasteiger partial charge in [-0.25, -0.2) is 9.18 Å². The summed E-state index contributed by atoms with van der Waals surface area (Å²) in [4.78, 5) is 20.0. The van der Waals surface area contributed by atoms with Gasteiger partial charge in [-0.15, -0.1) is 0 Å². The van der Waals surface area contributed by atoms with Crippen LogP contribution in [0.2, 0.25) is 0 Å². The van der Waals surface area contributed by atoms with Crippen molar-refractivity contribution >= 4 is 11.9 Å². The van der Waals surface area contributed by atoms with E-state index in [-0.39, 0.29) is 17.5 Å². The molecule has 1 aliphatic carbocycles. The van der Waals surface area contributed by atoms with Crippen molar-refractivity contribution in [3.05, 3.63) is 35.6 Å². The fourth-order valence-electron chi connectivity index (χ4n) is 1.20. The lowest BCUT2D eigenvalue weighted by atomic mass is 10.1. The molecule has 2 N–H and O–H groups in total. The van der Waals surface area contributed by atoms with E-state index in [1.807, 2.05) is 0 Å². The van der Waals surface area contributed by atoms with Crippen LogP contribution in [0.25, 0.3) is 0 Å². The first kappa shape index (κ1) is 12.2. The summed E-state index contributed by atoms with van der Waals surface area (Å²) in [5, 5.41) is 13.9. The number of ketones is 1. The summed E-state index contributed by atoms with van der Waals surface area (Å²) in [6.45, 7) is 0. The van der Waals surface area contributed by atoms with Gasteiger partial charge in [0.1, 0.15) is 5.82 Å². The average molecular weight is 226 g/mol. The molecular weight excluding hydrogens is 215 g/mol. The van der Waals surface area contributed by atoms with E-state index in [4.69, 9.17) is 15.0 Å². The second kappa shape index (κ2) is 5.25. The minimum atomic E-state index is -1.83. The highest BCUT2D eigenvalue weighted by molar-refractivity contribution is 5.99. The van der Waals surface area contributed by atoms with Gasteiger partial charge in [0, 0.05) is 11.5 Å². The highest BCUT2D eigenvalue weighted by Gasteiger charge is 2.30. The van der Waals surface area contributed by atoms with Crippen LogP contribution in [0.4, 0.5) is 9.18 Å². The van der Waals surface area contributed by atoms with Crippen LogP contribution < -0.4 is 0 Å². The number of halogens is 1. The van der Waals surface area contributed by atoms with Crippen LogP contribution in [0.15, 0.2) is 24.3 Å². The highest BCUT2D eigenvalue weighted by Crippen LogP contribution is 2.32. The van der Waals surface area contributed by atoms with Crippen LogP contribution >= 0.6 is 0 Å². The fourth-order valence-corrected chi connectivity index (χ4v) is 1.20. The van der Waals surface area contributed by atoms with Crippen molar-refractivity contribution in [2.24, 2.45) is 5.92 Å². The Bertz CT molecular complexity index is 377. The van der Waals surface area contributed by atoms with E-state index in [9.17, 15) is 9.18 Å². The Labute approximate surface area is 91.3 Å². The van der Waals surface area contributed by atoms with Gasteiger partial charge >= 0.3 is 6.16 Å². The predicted molar refractivity (Wildman–Crippen MR) is 54.1 cm³/mol. The molecule has 4 nitrogen and oxygen atoms in total. The molecule has 2 rings (SSSR count). The maximum atomic E-state index is 12.5. The molecule has 0 saturated heterocycles. The molecule has 0 bridgehead atoms. The van der Waals surface area contributed by atoms with E-state index in [0.717, 1.165) is 12.8 Å². The van der Waals surface area contributed by atoms with Crippen molar-refractivity contribution in [2.75, 3.05) is 0 Å². The number of hydrogen-bond acceptors (Lipinski definition) is 2. The van der Waals surface area contributed by atoms with E-state index in [1.54, 1.807) is 12.1 Å². The lowest BCUT2D eigenvalue weighted by Gasteiger charge is -1.96. The number of benzene rings is 1. The van der Waals surface area contributed by atoms with Crippen molar-refractivity contribution < 1.29 is 24.2 Å². The van der Waals surface area contributed by atoms with Crippen LogP contribution in [-0.2, 0) is 0 Å². The number of rotatable bonds is 2. The third-order valence-corrected chi connectivity index (χ3v) is 2.08. The molecule has 1 aromatic carbocycles. The first-order valence-electron chi connectivity index (χ1n) is 4.72. The van der Waals surface area contributed by atoms with Gasteiger partial charge in [0.05, 0.1) is 0 Å². The molecule has 1 aliphatic rings. The minimum Gasteiger partial charge on any atom is -0.450 e. The standard InChI is InChI=1S/C10H9FO.CH2O3/c11-9-5-3-8(4-6-9)10(12)7-1-2-7;2-1(3)4/h3-7H,1-2H2;(H2,2,3,4). The zero-order chi connectivity index (χ0) is 12.1. The summed E-state index contributed by atoms with van der Waals surface area (Å²) in [5.41, 5.74) is 0.638. The van der Waals surface area contributed by atoms with Crippen LogP contribution in [0.5, 0.6) is 0 Å². The van der Waals surface area contributed by atoms with Crippen molar-refractivity contribution in [2.45, 2.75) is 12.8 Å². The van der Waals surface area contributed by atoms with E-state index in [0.29, 0.717) is 5.56 Å². The molecule has 0 aromatic heterocycles. The number of Topliss-reactive ketones (excluding diaryl/α,β-unsaturated/α-hetero) is 1. The summed E-state index contributed by atoms with van der Waals surface area (Å²) >= 11 is 0. The molecule has 0 radical (unpaired) electrons. The van der Waals surface area contributed by atoms with Crippen LogP contribution in [-0.4, -0.2) is 22.2 Å². The lowest BCUT2D eigenvalue weighted by Crippen LogP contribution is -2.00. The Hall–Kier alpha value is -1.91. The first-order valence-corrected chi connectivity index (χ1v) is 4.72. The molecule has 86 valence electrons. The summed E-state index contributed by atoms with van der Waals surface area (Å²) in [7, 11) is 0. The van der Waals surface area contributed by atoms with Gasteiger partial charge in [-0.1, -0.05) is 0 Å². The molecule has 1 fully saturated rings. The quantitative estimate of drug-likeness (QED) is 0.760. The van der Waals surface area contributed by atoms with Gasteiger partial charge in [-0.3, -0.25) is 4.79 Å². The zero-order valence-electron chi connectivity index (χ0n) is 8.39. The number of carbonyl (C=O) groups excluding carboxylic acids is 1. The van der Waals surface area contributed by atoms with Gasteiger partial charge in [-0.2, -0.15) is 0 Å². The maximum Gasteiger partial charge on any atom is 0.503 e. The summed E-state index contributed by atoms with van der Waals surface area (Å²) in [6.07, 6.45) is 0.159. The molecule has 0 aliphatic heterocycles. The molecule has 0 unspecified atom stereocenters. The van der Waals surface area contributed by atoms with Crippen molar-refractivity contribution in [3.8, 4) is 0 Å². The Morgan fingerprint density at radius 2 is 1.56 bits per heavy atom. The molecule has 16 heavy (non-hydrogen) atoms. The van der Waals surface area contributed by atoms with Gasteiger partial charge in [0.2, 0.25) is 0 Å². The summed E-state index contributed by atoms with van der Waals surface area (Å²) in [5.74, 6) is 0.0906. The third kappa shape index (κ3) is 4.08. The molecule has 0 spiro atoms. The Morgan fingerprint density at radius 1 is 1.12 bits per heavy atom. The Balaban J connectivity index is 0.000000280. The first-order chi connectivity index (χ1) is 7.50. The number of hydrogen-bond donors (Lipinski definition) is 2. The third-order valence-electron chi connectivity index (χ3n) is 2.08. The lowest BCUT2D eigenvalue weighted by molar-refractivity contribution is 0.0967. The molecule has 0 atom stereocenters. The second-order valence-electron chi connectivity index (χ2n) is 3.43. The number of carboxylic acid groups (broad SMARTS) is 2. The number of carbonyl (C=O) groups is 2. The van der Waals surface area contributed by atoms with E-state index >= 15 is 0 Å². The molecule has 0 heterocycles. The van der Waals surface area contributed by atoms with Crippen LogP contribution in [0.1, 0.15) is 23.2 Å². The SMILES string of the molecule is O=C(O)O.O=C(c1ccc(F)cc1)C1CC1. The molecule has 1 saturated carbocycles. The predicted octanol–water partition coefficient (Wildman–Crippen LogP) is 2.64. The smallest absolute Gasteiger partial charge is 0.450 e. The van der Waals surface area contributed by atoms with E-state index < -0.39 is 6.16 Å². The van der Waals surface area contributed by atoms with Crippen LogP contribution in [0, 0.1) is 11.7 Å². The monoisotopic (exact) mass is 226 g/mol. The van der Waals surface area contributed by atoms with E-state index in [1.165, 1.54) is 12.1 Å². The summed E-state index contributed by atoms with van der Waals surface area (Å²) in [6, 6.07) is 5.76. The second-order valence-corrected chi connectivity index (χ2v) is 3.43.